The summed E-state index contributed by atoms with van der Waals surface area (Å²) in [6, 6.07) is 17.1. The van der Waals surface area contributed by atoms with Crippen molar-refractivity contribution < 1.29 is 4.74 Å². The smallest absolute Gasteiger partial charge is 0.145 e. The molecule has 0 fully saturated rings. The molecule has 2 aromatic carbocycles. The van der Waals surface area contributed by atoms with Crippen LogP contribution in [0.15, 0.2) is 54.7 Å². The molecular formula is C20H20N2O. The van der Waals surface area contributed by atoms with Gasteiger partial charge in [0, 0.05) is 30.4 Å². The SMILES string of the molecule is CCOc1ccc(N2CCc3ccccc3C2)c2cccnc12. The Balaban J connectivity index is 1.77. The van der Waals surface area contributed by atoms with Crippen LogP contribution < -0.4 is 9.64 Å². The minimum Gasteiger partial charge on any atom is -0.492 e. The fraction of sp³-hybridized carbons (Fsp3) is 0.250. The average Bonchev–Trinajstić information content (AvgIpc) is 2.62. The zero-order valence-electron chi connectivity index (χ0n) is 13.3. The van der Waals surface area contributed by atoms with E-state index in [0.29, 0.717) is 6.61 Å². The molecule has 0 saturated heterocycles. The lowest BCUT2D eigenvalue weighted by atomic mass is 9.99. The molecule has 23 heavy (non-hydrogen) atoms. The Bertz CT molecular complexity index is 844. The Morgan fingerprint density at radius 2 is 1.91 bits per heavy atom. The molecule has 0 radical (unpaired) electrons. The molecule has 1 aromatic heterocycles. The van der Waals surface area contributed by atoms with Crippen LogP contribution in [-0.4, -0.2) is 18.1 Å². The summed E-state index contributed by atoms with van der Waals surface area (Å²) in [5.74, 6) is 0.865. The molecular weight excluding hydrogens is 284 g/mol. The zero-order chi connectivity index (χ0) is 15.6. The van der Waals surface area contributed by atoms with Crippen LogP contribution in [0.2, 0.25) is 0 Å². The second-order valence-electron chi connectivity index (χ2n) is 5.86. The third-order valence-corrected chi connectivity index (χ3v) is 4.48. The summed E-state index contributed by atoms with van der Waals surface area (Å²) in [7, 11) is 0. The largest absolute Gasteiger partial charge is 0.492 e. The molecule has 2 heterocycles. The van der Waals surface area contributed by atoms with E-state index in [9.17, 15) is 0 Å². The first-order valence-corrected chi connectivity index (χ1v) is 8.19. The summed E-state index contributed by atoms with van der Waals surface area (Å²) in [5, 5.41) is 1.16. The van der Waals surface area contributed by atoms with Crippen molar-refractivity contribution >= 4 is 16.6 Å². The van der Waals surface area contributed by atoms with Gasteiger partial charge in [-0.05, 0) is 48.7 Å². The summed E-state index contributed by atoms with van der Waals surface area (Å²) in [4.78, 5) is 6.99. The number of rotatable bonds is 3. The predicted octanol–water partition coefficient (Wildman–Crippen LogP) is 4.20. The van der Waals surface area contributed by atoms with Gasteiger partial charge in [-0.25, -0.2) is 0 Å². The van der Waals surface area contributed by atoms with Gasteiger partial charge < -0.3 is 9.64 Å². The molecule has 0 bridgehead atoms. The van der Waals surface area contributed by atoms with E-state index in [0.717, 1.165) is 36.2 Å². The summed E-state index contributed by atoms with van der Waals surface area (Å²) in [6.45, 7) is 4.65. The van der Waals surface area contributed by atoms with E-state index in [1.807, 2.05) is 19.2 Å². The maximum atomic E-state index is 5.74. The first kappa shape index (κ1) is 14.1. The van der Waals surface area contributed by atoms with Gasteiger partial charge in [-0.2, -0.15) is 0 Å². The highest BCUT2D eigenvalue weighted by Crippen LogP contribution is 2.34. The molecule has 0 unspecified atom stereocenters. The number of aromatic nitrogens is 1. The van der Waals surface area contributed by atoms with Gasteiger partial charge >= 0.3 is 0 Å². The summed E-state index contributed by atoms with van der Waals surface area (Å²) in [6.07, 6.45) is 2.92. The summed E-state index contributed by atoms with van der Waals surface area (Å²) in [5.41, 5.74) is 5.08. The topological polar surface area (TPSA) is 25.4 Å². The van der Waals surface area contributed by atoms with Crippen LogP contribution >= 0.6 is 0 Å². The predicted molar refractivity (Wildman–Crippen MR) is 94.1 cm³/mol. The highest BCUT2D eigenvalue weighted by atomic mass is 16.5. The lowest BCUT2D eigenvalue weighted by Crippen LogP contribution is -2.30. The second-order valence-corrected chi connectivity index (χ2v) is 5.86. The van der Waals surface area contributed by atoms with Gasteiger partial charge in [0.1, 0.15) is 11.3 Å². The van der Waals surface area contributed by atoms with Crippen molar-refractivity contribution in [2.24, 2.45) is 0 Å². The standard InChI is InChI=1S/C20H20N2O/c1-2-23-19-10-9-18(17-8-5-12-21-20(17)19)22-13-11-15-6-3-4-7-16(15)14-22/h3-10,12H,2,11,13-14H2,1H3. The molecule has 0 atom stereocenters. The van der Waals surface area contributed by atoms with Crippen molar-refractivity contribution in [3.8, 4) is 5.75 Å². The van der Waals surface area contributed by atoms with E-state index in [1.54, 1.807) is 0 Å². The molecule has 0 aliphatic carbocycles. The van der Waals surface area contributed by atoms with E-state index in [4.69, 9.17) is 4.74 Å². The van der Waals surface area contributed by atoms with Crippen LogP contribution in [0.1, 0.15) is 18.1 Å². The first-order valence-electron chi connectivity index (χ1n) is 8.19. The first-order chi connectivity index (χ1) is 11.4. The molecule has 3 aromatic rings. The Hall–Kier alpha value is -2.55. The van der Waals surface area contributed by atoms with Crippen molar-refractivity contribution in [2.75, 3.05) is 18.1 Å². The maximum absolute atomic E-state index is 5.74. The van der Waals surface area contributed by atoms with Crippen molar-refractivity contribution in [3.63, 3.8) is 0 Å². The van der Waals surface area contributed by atoms with Gasteiger partial charge in [0.2, 0.25) is 0 Å². The molecule has 4 rings (SSSR count). The minimum atomic E-state index is 0.655. The van der Waals surface area contributed by atoms with Gasteiger partial charge in [0.05, 0.1) is 6.61 Å². The van der Waals surface area contributed by atoms with E-state index in [2.05, 4.69) is 52.3 Å². The second kappa shape index (κ2) is 5.92. The van der Waals surface area contributed by atoms with Crippen LogP contribution in [0, 0.1) is 0 Å². The number of anilines is 1. The Morgan fingerprint density at radius 1 is 1.04 bits per heavy atom. The van der Waals surface area contributed by atoms with E-state index >= 15 is 0 Å². The fourth-order valence-electron chi connectivity index (χ4n) is 3.38. The van der Waals surface area contributed by atoms with Gasteiger partial charge in [-0.15, -0.1) is 0 Å². The van der Waals surface area contributed by atoms with Crippen molar-refractivity contribution in [2.45, 2.75) is 19.9 Å². The molecule has 0 spiro atoms. The average molecular weight is 304 g/mol. The van der Waals surface area contributed by atoms with Crippen molar-refractivity contribution in [3.05, 3.63) is 65.9 Å². The minimum absolute atomic E-state index is 0.655. The van der Waals surface area contributed by atoms with Gasteiger partial charge in [0.15, 0.2) is 0 Å². The van der Waals surface area contributed by atoms with Crippen LogP contribution in [0.25, 0.3) is 10.9 Å². The number of ether oxygens (including phenoxy) is 1. The number of hydrogen-bond acceptors (Lipinski definition) is 3. The third kappa shape index (κ3) is 2.52. The van der Waals surface area contributed by atoms with Crippen LogP contribution in [-0.2, 0) is 13.0 Å². The van der Waals surface area contributed by atoms with Gasteiger partial charge in [-0.3, -0.25) is 4.98 Å². The van der Waals surface area contributed by atoms with Gasteiger partial charge in [0.25, 0.3) is 0 Å². The lowest BCUT2D eigenvalue weighted by Gasteiger charge is -2.31. The Morgan fingerprint density at radius 3 is 2.78 bits per heavy atom. The number of nitrogens with zero attached hydrogens (tertiary/aromatic N) is 2. The highest BCUT2D eigenvalue weighted by Gasteiger charge is 2.19. The van der Waals surface area contributed by atoms with Crippen molar-refractivity contribution in [1.82, 2.24) is 4.98 Å². The molecule has 116 valence electrons. The molecule has 0 saturated carbocycles. The number of fused-ring (bicyclic) bond motifs is 2. The van der Waals surface area contributed by atoms with Crippen LogP contribution in [0.3, 0.4) is 0 Å². The number of hydrogen-bond donors (Lipinski definition) is 0. The fourth-order valence-corrected chi connectivity index (χ4v) is 3.38. The molecule has 3 heteroatoms. The Labute approximate surface area is 136 Å². The summed E-state index contributed by atoms with van der Waals surface area (Å²) >= 11 is 0. The molecule has 1 aliphatic rings. The zero-order valence-corrected chi connectivity index (χ0v) is 13.3. The van der Waals surface area contributed by atoms with Crippen molar-refractivity contribution in [1.29, 1.82) is 0 Å². The van der Waals surface area contributed by atoms with Gasteiger partial charge in [-0.1, -0.05) is 24.3 Å². The number of pyridine rings is 1. The monoisotopic (exact) mass is 304 g/mol. The molecule has 0 amide bonds. The third-order valence-electron chi connectivity index (χ3n) is 4.48. The van der Waals surface area contributed by atoms with E-state index < -0.39 is 0 Å². The normalized spacial score (nSPS) is 13.9. The van der Waals surface area contributed by atoms with Crippen LogP contribution in [0.5, 0.6) is 5.75 Å². The summed E-state index contributed by atoms with van der Waals surface area (Å²) < 4.78 is 5.74. The molecule has 0 N–H and O–H groups in total. The lowest BCUT2D eigenvalue weighted by molar-refractivity contribution is 0.343. The highest BCUT2D eigenvalue weighted by molar-refractivity contribution is 5.95. The van der Waals surface area contributed by atoms with E-state index in [1.165, 1.54) is 16.8 Å². The maximum Gasteiger partial charge on any atom is 0.145 e. The quantitative estimate of drug-likeness (QED) is 0.725. The molecule has 1 aliphatic heterocycles. The number of benzene rings is 2. The van der Waals surface area contributed by atoms with Crippen LogP contribution in [0.4, 0.5) is 5.69 Å². The Kier molecular flexibility index (Phi) is 3.62. The molecule has 3 nitrogen and oxygen atoms in total. The van der Waals surface area contributed by atoms with E-state index in [-0.39, 0.29) is 0 Å².